The van der Waals surface area contributed by atoms with E-state index in [4.69, 9.17) is 9.47 Å². The monoisotopic (exact) mass is 292 g/mol. The van der Waals surface area contributed by atoms with Gasteiger partial charge in [-0.05, 0) is 44.0 Å². The minimum atomic E-state index is 0.00531. The summed E-state index contributed by atoms with van der Waals surface area (Å²) in [4.78, 5) is 14.3. The third-order valence-corrected chi connectivity index (χ3v) is 3.94. The molecule has 1 amide bonds. The quantitative estimate of drug-likeness (QED) is 0.899. The van der Waals surface area contributed by atoms with Gasteiger partial charge in [0.15, 0.2) is 0 Å². The van der Waals surface area contributed by atoms with E-state index in [-0.39, 0.29) is 5.91 Å². The lowest BCUT2D eigenvalue weighted by Crippen LogP contribution is -2.37. The van der Waals surface area contributed by atoms with Gasteiger partial charge in [0.25, 0.3) is 5.91 Å². The molecule has 1 aromatic rings. The van der Waals surface area contributed by atoms with Gasteiger partial charge in [0, 0.05) is 25.2 Å². The number of amides is 1. The molecule has 116 valence electrons. The number of carbonyl (C=O) groups excluding carboxylic acids is 1. The average molecular weight is 292 g/mol. The fourth-order valence-corrected chi connectivity index (χ4v) is 2.69. The maximum absolute atomic E-state index is 12.6. The Bertz CT molecular complexity index is 462. The van der Waals surface area contributed by atoms with Crippen LogP contribution >= 0.6 is 0 Å². The zero-order valence-electron chi connectivity index (χ0n) is 13.0. The van der Waals surface area contributed by atoms with Gasteiger partial charge in [-0.1, -0.05) is 0 Å². The first-order valence-corrected chi connectivity index (χ1v) is 7.33. The van der Waals surface area contributed by atoms with E-state index in [1.54, 1.807) is 37.3 Å². The van der Waals surface area contributed by atoms with Gasteiger partial charge in [0.05, 0.1) is 14.2 Å². The van der Waals surface area contributed by atoms with Crippen molar-refractivity contribution in [1.82, 2.24) is 10.2 Å². The molecule has 0 bridgehead atoms. The van der Waals surface area contributed by atoms with E-state index >= 15 is 0 Å². The predicted molar refractivity (Wildman–Crippen MR) is 82.1 cm³/mol. The topological polar surface area (TPSA) is 50.8 Å². The van der Waals surface area contributed by atoms with Crippen LogP contribution in [-0.4, -0.2) is 51.7 Å². The van der Waals surface area contributed by atoms with Crippen molar-refractivity contribution in [3.63, 3.8) is 0 Å². The number of piperidine rings is 1. The van der Waals surface area contributed by atoms with Gasteiger partial charge in [0.2, 0.25) is 0 Å². The zero-order chi connectivity index (χ0) is 15.2. The molecule has 5 nitrogen and oxygen atoms in total. The van der Waals surface area contributed by atoms with Crippen LogP contribution in [0.1, 0.15) is 23.2 Å². The lowest BCUT2D eigenvalue weighted by Gasteiger charge is -2.27. The molecule has 0 atom stereocenters. The van der Waals surface area contributed by atoms with E-state index in [9.17, 15) is 4.79 Å². The molecule has 0 aliphatic carbocycles. The van der Waals surface area contributed by atoms with Gasteiger partial charge < -0.3 is 19.7 Å². The number of rotatable bonds is 5. The molecule has 1 aromatic carbocycles. The molecule has 1 fully saturated rings. The second kappa shape index (κ2) is 7.31. The Hall–Kier alpha value is -1.75. The Morgan fingerprint density at radius 1 is 1.19 bits per heavy atom. The van der Waals surface area contributed by atoms with E-state index in [1.807, 2.05) is 7.05 Å². The summed E-state index contributed by atoms with van der Waals surface area (Å²) in [5.41, 5.74) is 0.600. The van der Waals surface area contributed by atoms with Crippen molar-refractivity contribution in [2.45, 2.75) is 12.8 Å². The van der Waals surface area contributed by atoms with Crippen LogP contribution in [0.15, 0.2) is 18.2 Å². The summed E-state index contributed by atoms with van der Waals surface area (Å²) in [5.74, 6) is 1.85. The lowest BCUT2D eigenvalue weighted by molar-refractivity contribution is 0.0762. The number of hydrogen-bond acceptors (Lipinski definition) is 4. The van der Waals surface area contributed by atoms with Crippen LogP contribution in [0.4, 0.5) is 0 Å². The second-order valence-corrected chi connectivity index (χ2v) is 5.48. The molecule has 1 heterocycles. The standard InChI is InChI=1S/C16H24N2O3/c1-18(11-12-4-6-17-7-5-12)16(19)13-8-14(20-2)10-15(9-13)21-3/h8-10,12,17H,4-7,11H2,1-3H3. The van der Waals surface area contributed by atoms with Crippen molar-refractivity contribution in [2.75, 3.05) is 40.9 Å². The zero-order valence-corrected chi connectivity index (χ0v) is 13.0. The average Bonchev–Trinajstić information content (AvgIpc) is 2.54. The maximum atomic E-state index is 12.6. The third-order valence-electron chi connectivity index (χ3n) is 3.94. The highest BCUT2D eigenvalue weighted by Gasteiger charge is 2.20. The summed E-state index contributed by atoms with van der Waals surface area (Å²) in [6.07, 6.45) is 2.25. The van der Waals surface area contributed by atoms with Gasteiger partial charge in [-0.2, -0.15) is 0 Å². The van der Waals surface area contributed by atoms with Gasteiger partial charge >= 0.3 is 0 Å². The SMILES string of the molecule is COc1cc(OC)cc(C(=O)N(C)CC2CCNCC2)c1. The molecule has 1 aliphatic rings. The molecule has 0 unspecified atom stereocenters. The van der Waals surface area contributed by atoms with Crippen molar-refractivity contribution < 1.29 is 14.3 Å². The number of carbonyl (C=O) groups is 1. The molecule has 1 N–H and O–H groups in total. The Labute approximate surface area is 126 Å². The van der Waals surface area contributed by atoms with Crippen LogP contribution in [-0.2, 0) is 0 Å². The molecule has 0 radical (unpaired) electrons. The number of nitrogens with zero attached hydrogens (tertiary/aromatic N) is 1. The largest absolute Gasteiger partial charge is 0.497 e. The molecule has 1 saturated heterocycles. The highest BCUT2D eigenvalue weighted by molar-refractivity contribution is 5.95. The van der Waals surface area contributed by atoms with E-state index in [0.29, 0.717) is 23.0 Å². The van der Waals surface area contributed by atoms with Crippen LogP contribution in [0.5, 0.6) is 11.5 Å². The second-order valence-electron chi connectivity index (χ2n) is 5.48. The van der Waals surface area contributed by atoms with Gasteiger partial charge in [0.1, 0.15) is 11.5 Å². The van der Waals surface area contributed by atoms with E-state index < -0.39 is 0 Å². The van der Waals surface area contributed by atoms with Crippen molar-refractivity contribution >= 4 is 5.91 Å². The molecule has 21 heavy (non-hydrogen) atoms. The van der Waals surface area contributed by atoms with Crippen molar-refractivity contribution in [1.29, 1.82) is 0 Å². The molecule has 1 aliphatic heterocycles. The van der Waals surface area contributed by atoms with Crippen molar-refractivity contribution in [3.05, 3.63) is 23.8 Å². The minimum absolute atomic E-state index is 0.00531. The number of nitrogens with one attached hydrogen (secondary N) is 1. The normalized spacial score (nSPS) is 15.6. The molecule has 0 saturated carbocycles. The highest BCUT2D eigenvalue weighted by atomic mass is 16.5. The fourth-order valence-electron chi connectivity index (χ4n) is 2.69. The molecule has 5 heteroatoms. The van der Waals surface area contributed by atoms with Crippen LogP contribution < -0.4 is 14.8 Å². The first kappa shape index (κ1) is 15.6. The predicted octanol–water partition coefficient (Wildman–Crippen LogP) is 1.78. The number of ether oxygens (including phenoxy) is 2. The summed E-state index contributed by atoms with van der Waals surface area (Å²) in [7, 11) is 5.03. The van der Waals surface area contributed by atoms with Gasteiger partial charge in [-0.3, -0.25) is 4.79 Å². The summed E-state index contributed by atoms with van der Waals surface area (Å²) < 4.78 is 10.4. The maximum Gasteiger partial charge on any atom is 0.253 e. The van der Waals surface area contributed by atoms with E-state index in [1.165, 1.54) is 0 Å². The third kappa shape index (κ3) is 4.11. The highest BCUT2D eigenvalue weighted by Crippen LogP contribution is 2.24. The van der Waals surface area contributed by atoms with E-state index in [2.05, 4.69) is 5.32 Å². The van der Waals surface area contributed by atoms with Crippen molar-refractivity contribution in [2.24, 2.45) is 5.92 Å². The van der Waals surface area contributed by atoms with Gasteiger partial charge in [-0.25, -0.2) is 0 Å². The van der Waals surface area contributed by atoms with Crippen molar-refractivity contribution in [3.8, 4) is 11.5 Å². The molecular formula is C16H24N2O3. The Kier molecular flexibility index (Phi) is 5.44. The smallest absolute Gasteiger partial charge is 0.253 e. The number of methoxy groups -OCH3 is 2. The lowest BCUT2D eigenvalue weighted by atomic mass is 9.97. The van der Waals surface area contributed by atoms with Crippen LogP contribution in [0, 0.1) is 5.92 Å². The summed E-state index contributed by atoms with van der Waals surface area (Å²) >= 11 is 0. The Morgan fingerprint density at radius 3 is 2.29 bits per heavy atom. The number of hydrogen-bond donors (Lipinski definition) is 1. The first-order valence-electron chi connectivity index (χ1n) is 7.33. The molecule has 0 aromatic heterocycles. The Morgan fingerprint density at radius 2 is 1.76 bits per heavy atom. The summed E-state index contributed by atoms with van der Waals surface area (Å²) in [6, 6.07) is 5.27. The van der Waals surface area contributed by atoms with Crippen LogP contribution in [0.25, 0.3) is 0 Å². The Balaban J connectivity index is 2.07. The fraction of sp³-hybridized carbons (Fsp3) is 0.562. The molecule has 0 spiro atoms. The van der Waals surface area contributed by atoms with Gasteiger partial charge in [-0.15, -0.1) is 0 Å². The van der Waals surface area contributed by atoms with E-state index in [0.717, 1.165) is 32.5 Å². The minimum Gasteiger partial charge on any atom is -0.497 e. The summed E-state index contributed by atoms with van der Waals surface area (Å²) in [5, 5.41) is 3.34. The first-order chi connectivity index (χ1) is 10.1. The van der Waals surface area contributed by atoms with Crippen LogP contribution in [0.2, 0.25) is 0 Å². The summed E-state index contributed by atoms with van der Waals surface area (Å²) in [6.45, 7) is 2.87. The molecular weight excluding hydrogens is 268 g/mol. The van der Waals surface area contributed by atoms with Crippen LogP contribution in [0.3, 0.4) is 0 Å². The number of benzene rings is 1. The molecule has 2 rings (SSSR count).